The number of carbonyl (C=O) groups is 3. The molecule has 27 heavy (non-hydrogen) atoms. The number of benzene rings is 2. The Morgan fingerprint density at radius 1 is 1.11 bits per heavy atom. The van der Waals surface area contributed by atoms with Crippen molar-refractivity contribution in [3.63, 3.8) is 0 Å². The summed E-state index contributed by atoms with van der Waals surface area (Å²) in [4.78, 5) is 38.7. The molecule has 0 aliphatic carbocycles. The van der Waals surface area contributed by atoms with E-state index in [1.807, 2.05) is 6.07 Å². The Labute approximate surface area is 159 Å². The van der Waals surface area contributed by atoms with Gasteiger partial charge in [-0.2, -0.15) is 0 Å². The van der Waals surface area contributed by atoms with Gasteiger partial charge in [0.25, 0.3) is 5.91 Å². The van der Waals surface area contributed by atoms with Gasteiger partial charge in [0, 0.05) is 29.2 Å². The summed E-state index contributed by atoms with van der Waals surface area (Å²) in [6.45, 7) is 0.320. The second-order valence-corrected chi connectivity index (χ2v) is 7.58. The normalized spacial score (nSPS) is 19.2. The Hall–Kier alpha value is -2.67. The first kappa shape index (κ1) is 17.7. The Kier molecular flexibility index (Phi) is 4.70. The average molecular weight is 384 g/mol. The minimum Gasteiger partial charge on any atom is -0.322 e. The van der Waals surface area contributed by atoms with Crippen molar-refractivity contribution in [1.82, 2.24) is 10.2 Å². The Morgan fingerprint density at radius 2 is 1.93 bits per heavy atom. The molecule has 2 aromatic carbocycles. The van der Waals surface area contributed by atoms with E-state index in [4.69, 9.17) is 0 Å². The van der Waals surface area contributed by atoms with Gasteiger partial charge in [-0.15, -0.1) is 11.8 Å². The zero-order chi connectivity index (χ0) is 19.0. The minimum atomic E-state index is -0.632. The van der Waals surface area contributed by atoms with Crippen LogP contribution in [0.25, 0.3) is 0 Å². The number of halogens is 1. The van der Waals surface area contributed by atoms with Gasteiger partial charge in [-0.1, -0.05) is 24.3 Å². The molecule has 1 atom stereocenters. The van der Waals surface area contributed by atoms with Crippen LogP contribution in [0, 0.1) is 5.82 Å². The summed E-state index contributed by atoms with van der Waals surface area (Å²) in [5, 5.41) is 2.30. The predicted molar refractivity (Wildman–Crippen MR) is 98.4 cm³/mol. The molecule has 0 spiro atoms. The van der Waals surface area contributed by atoms with Crippen molar-refractivity contribution in [3.8, 4) is 0 Å². The maximum atomic E-state index is 13.9. The van der Waals surface area contributed by atoms with E-state index in [-0.39, 0.29) is 24.1 Å². The van der Waals surface area contributed by atoms with E-state index in [0.717, 1.165) is 10.5 Å². The first-order chi connectivity index (χ1) is 13.0. The van der Waals surface area contributed by atoms with Gasteiger partial charge in [-0.3, -0.25) is 19.7 Å². The van der Waals surface area contributed by atoms with Gasteiger partial charge in [0.05, 0.1) is 0 Å². The molecule has 2 aliphatic heterocycles. The number of hydrogen-bond donors (Lipinski definition) is 1. The van der Waals surface area contributed by atoms with Gasteiger partial charge in [0.15, 0.2) is 0 Å². The minimum absolute atomic E-state index is 0.201. The molecule has 0 saturated carbocycles. The third kappa shape index (κ3) is 3.35. The quantitative estimate of drug-likeness (QED) is 0.650. The van der Waals surface area contributed by atoms with Crippen LogP contribution in [-0.2, 0) is 21.9 Å². The fourth-order valence-corrected chi connectivity index (χ4v) is 4.53. The highest BCUT2D eigenvalue weighted by molar-refractivity contribution is 7.98. The molecule has 3 amide bonds. The first-order valence-electron chi connectivity index (χ1n) is 8.67. The Bertz CT molecular complexity index is 947. The van der Waals surface area contributed by atoms with E-state index in [1.54, 1.807) is 30.3 Å². The van der Waals surface area contributed by atoms with E-state index in [1.165, 1.54) is 22.7 Å². The number of nitrogens with zero attached hydrogens (tertiary/aromatic N) is 1. The second kappa shape index (κ2) is 7.15. The predicted octanol–water partition coefficient (Wildman–Crippen LogP) is 2.88. The molecule has 1 N–H and O–H groups in total. The standard InChI is InChI=1S/C20H17FN2O3S/c21-15-6-2-1-4-12(15)11-27-17-7-3-5-13-14(17)10-23(20(13)26)16-8-9-18(24)22-19(16)25/h1-7,16H,8-11H2,(H,22,24,25). The van der Waals surface area contributed by atoms with Gasteiger partial charge in [-0.05, 0) is 35.7 Å². The summed E-state index contributed by atoms with van der Waals surface area (Å²) >= 11 is 1.47. The monoisotopic (exact) mass is 384 g/mol. The van der Waals surface area contributed by atoms with Crippen LogP contribution in [0.4, 0.5) is 4.39 Å². The summed E-state index contributed by atoms with van der Waals surface area (Å²) in [6, 6.07) is 11.4. The molecule has 0 radical (unpaired) electrons. The van der Waals surface area contributed by atoms with Crippen LogP contribution >= 0.6 is 11.8 Å². The molecule has 1 fully saturated rings. The highest BCUT2D eigenvalue weighted by Crippen LogP contribution is 2.35. The van der Waals surface area contributed by atoms with E-state index in [2.05, 4.69) is 5.32 Å². The fraction of sp³-hybridized carbons (Fsp3) is 0.250. The van der Waals surface area contributed by atoms with Gasteiger partial charge in [0.2, 0.25) is 11.8 Å². The number of thioether (sulfide) groups is 1. The molecule has 138 valence electrons. The summed E-state index contributed by atoms with van der Waals surface area (Å²) in [7, 11) is 0. The molecule has 1 saturated heterocycles. The SMILES string of the molecule is O=C1CCC(N2Cc3c(SCc4ccccc4F)cccc3C2=O)C(=O)N1. The number of hydrogen-bond acceptors (Lipinski definition) is 4. The average Bonchev–Trinajstić information content (AvgIpc) is 2.98. The van der Waals surface area contributed by atoms with E-state index in [0.29, 0.717) is 29.8 Å². The summed E-state index contributed by atoms with van der Waals surface area (Å²) < 4.78 is 13.9. The summed E-state index contributed by atoms with van der Waals surface area (Å²) in [6.07, 6.45) is 0.563. The third-order valence-corrected chi connectivity index (χ3v) is 6.03. The molecule has 2 aliphatic rings. The van der Waals surface area contributed by atoms with E-state index >= 15 is 0 Å². The van der Waals surface area contributed by atoms with Gasteiger partial charge < -0.3 is 4.90 Å². The molecule has 2 heterocycles. The van der Waals surface area contributed by atoms with Crippen LogP contribution in [0.1, 0.15) is 34.3 Å². The topological polar surface area (TPSA) is 66.5 Å². The second-order valence-electron chi connectivity index (χ2n) is 6.56. The van der Waals surface area contributed by atoms with Crippen LogP contribution < -0.4 is 5.32 Å². The van der Waals surface area contributed by atoms with E-state index in [9.17, 15) is 18.8 Å². The van der Waals surface area contributed by atoms with Crippen molar-refractivity contribution < 1.29 is 18.8 Å². The van der Waals surface area contributed by atoms with Crippen molar-refractivity contribution >= 4 is 29.5 Å². The molecule has 1 unspecified atom stereocenters. The Morgan fingerprint density at radius 3 is 2.70 bits per heavy atom. The Balaban J connectivity index is 1.55. The summed E-state index contributed by atoms with van der Waals surface area (Å²) in [5.74, 6) is -0.725. The molecule has 0 aromatic heterocycles. The maximum absolute atomic E-state index is 13.9. The summed E-state index contributed by atoms with van der Waals surface area (Å²) in [5.41, 5.74) is 2.03. The number of amides is 3. The molecular weight excluding hydrogens is 367 g/mol. The van der Waals surface area contributed by atoms with Crippen LogP contribution in [0.5, 0.6) is 0 Å². The fourth-order valence-electron chi connectivity index (χ4n) is 3.46. The number of imide groups is 1. The smallest absolute Gasteiger partial charge is 0.255 e. The lowest BCUT2D eigenvalue weighted by Crippen LogP contribution is -2.52. The van der Waals surface area contributed by atoms with Crippen molar-refractivity contribution in [1.29, 1.82) is 0 Å². The lowest BCUT2D eigenvalue weighted by Gasteiger charge is -2.29. The van der Waals surface area contributed by atoms with Crippen LogP contribution in [-0.4, -0.2) is 28.7 Å². The zero-order valence-electron chi connectivity index (χ0n) is 14.4. The van der Waals surface area contributed by atoms with Crippen molar-refractivity contribution in [3.05, 3.63) is 65.0 Å². The van der Waals surface area contributed by atoms with Crippen molar-refractivity contribution in [2.75, 3.05) is 0 Å². The van der Waals surface area contributed by atoms with Crippen molar-refractivity contribution in [2.45, 2.75) is 36.1 Å². The molecule has 2 aromatic rings. The van der Waals surface area contributed by atoms with Crippen LogP contribution in [0.15, 0.2) is 47.4 Å². The lowest BCUT2D eigenvalue weighted by molar-refractivity contribution is -0.136. The molecule has 5 nitrogen and oxygen atoms in total. The van der Waals surface area contributed by atoms with Crippen LogP contribution in [0.2, 0.25) is 0 Å². The maximum Gasteiger partial charge on any atom is 0.255 e. The van der Waals surface area contributed by atoms with Crippen molar-refractivity contribution in [2.24, 2.45) is 0 Å². The molecule has 4 rings (SSSR count). The van der Waals surface area contributed by atoms with Gasteiger partial charge in [-0.25, -0.2) is 4.39 Å². The van der Waals surface area contributed by atoms with Crippen LogP contribution in [0.3, 0.4) is 0 Å². The largest absolute Gasteiger partial charge is 0.322 e. The van der Waals surface area contributed by atoms with Gasteiger partial charge in [0.1, 0.15) is 11.9 Å². The highest BCUT2D eigenvalue weighted by atomic mass is 32.2. The van der Waals surface area contributed by atoms with Gasteiger partial charge >= 0.3 is 0 Å². The molecule has 0 bridgehead atoms. The van der Waals surface area contributed by atoms with E-state index < -0.39 is 11.9 Å². The lowest BCUT2D eigenvalue weighted by atomic mass is 10.0. The number of fused-ring (bicyclic) bond motifs is 1. The number of carbonyl (C=O) groups excluding carboxylic acids is 3. The number of piperidine rings is 1. The molecular formula is C20H17FN2O3S. The highest BCUT2D eigenvalue weighted by Gasteiger charge is 2.39. The first-order valence-corrected chi connectivity index (χ1v) is 9.66. The number of nitrogens with one attached hydrogen (secondary N) is 1. The number of rotatable bonds is 4. The third-order valence-electron chi connectivity index (χ3n) is 4.88. The zero-order valence-corrected chi connectivity index (χ0v) is 15.2. The molecule has 7 heteroatoms.